The molecule has 0 aliphatic carbocycles. The lowest BCUT2D eigenvalue weighted by atomic mass is 10.1. The summed E-state index contributed by atoms with van der Waals surface area (Å²) >= 11 is 0. The number of hydrogen-bond acceptors (Lipinski definition) is 5. The SMILES string of the molecule is Nc1cc(-c2ccc(OCc3ccccc3)c(OCc3ccccc3)c2)no1. The van der Waals surface area contributed by atoms with Gasteiger partial charge in [-0.3, -0.25) is 0 Å². The molecule has 0 atom stereocenters. The van der Waals surface area contributed by atoms with Crippen molar-refractivity contribution < 1.29 is 14.0 Å². The van der Waals surface area contributed by atoms with E-state index in [0.29, 0.717) is 30.4 Å². The molecule has 0 radical (unpaired) electrons. The lowest BCUT2D eigenvalue weighted by Crippen LogP contribution is -2.01. The second kappa shape index (κ2) is 8.31. The van der Waals surface area contributed by atoms with E-state index in [-0.39, 0.29) is 5.88 Å². The number of rotatable bonds is 7. The minimum Gasteiger partial charge on any atom is -0.485 e. The Labute approximate surface area is 163 Å². The van der Waals surface area contributed by atoms with Gasteiger partial charge in [-0.25, -0.2) is 0 Å². The Morgan fingerprint density at radius 1 is 0.714 bits per heavy atom. The summed E-state index contributed by atoms with van der Waals surface area (Å²) < 4.78 is 17.1. The Balaban J connectivity index is 1.58. The van der Waals surface area contributed by atoms with Crippen LogP contribution in [0.15, 0.2) is 89.5 Å². The van der Waals surface area contributed by atoms with Crippen LogP contribution in [-0.2, 0) is 13.2 Å². The molecule has 4 aromatic rings. The molecule has 1 heterocycles. The van der Waals surface area contributed by atoms with Crippen LogP contribution in [0, 0.1) is 0 Å². The van der Waals surface area contributed by atoms with Gasteiger partial charge in [0.15, 0.2) is 11.5 Å². The van der Waals surface area contributed by atoms with Crippen molar-refractivity contribution in [1.82, 2.24) is 5.16 Å². The molecule has 0 saturated carbocycles. The van der Waals surface area contributed by atoms with Crippen molar-refractivity contribution in [2.45, 2.75) is 13.2 Å². The second-order valence-electron chi connectivity index (χ2n) is 6.32. The predicted octanol–water partition coefficient (Wildman–Crippen LogP) is 5.08. The first-order valence-electron chi connectivity index (χ1n) is 8.98. The maximum absolute atomic E-state index is 6.07. The topological polar surface area (TPSA) is 70.5 Å². The van der Waals surface area contributed by atoms with E-state index in [0.717, 1.165) is 16.7 Å². The Kier molecular flexibility index (Phi) is 5.24. The summed E-state index contributed by atoms with van der Waals surface area (Å²) in [5.41, 5.74) is 9.30. The van der Waals surface area contributed by atoms with Gasteiger partial charge >= 0.3 is 0 Å². The fourth-order valence-electron chi connectivity index (χ4n) is 2.80. The van der Waals surface area contributed by atoms with Gasteiger partial charge in [0.25, 0.3) is 0 Å². The number of nitrogens with two attached hydrogens (primary N) is 1. The number of nitrogen functional groups attached to an aromatic ring is 1. The van der Waals surface area contributed by atoms with Crippen LogP contribution in [0.25, 0.3) is 11.3 Å². The molecular weight excluding hydrogens is 352 g/mol. The third-order valence-corrected chi connectivity index (χ3v) is 4.24. The van der Waals surface area contributed by atoms with Gasteiger partial charge in [0, 0.05) is 11.6 Å². The molecule has 5 nitrogen and oxygen atoms in total. The van der Waals surface area contributed by atoms with E-state index in [9.17, 15) is 0 Å². The molecule has 0 unspecified atom stereocenters. The van der Waals surface area contributed by atoms with E-state index < -0.39 is 0 Å². The number of hydrogen-bond donors (Lipinski definition) is 1. The van der Waals surface area contributed by atoms with Crippen molar-refractivity contribution in [2.75, 3.05) is 5.73 Å². The Morgan fingerprint density at radius 3 is 1.89 bits per heavy atom. The van der Waals surface area contributed by atoms with Crippen LogP contribution in [0.4, 0.5) is 5.88 Å². The first-order chi connectivity index (χ1) is 13.8. The van der Waals surface area contributed by atoms with Crippen molar-refractivity contribution in [2.24, 2.45) is 0 Å². The van der Waals surface area contributed by atoms with E-state index >= 15 is 0 Å². The Morgan fingerprint density at radius 2 is 1.32 bits per heavy atom. The first kappa shape index (κ1) is 17.7. The van der Waals surface area contributed by atoms with Gasteiger partial charge in [-0.2, -0.15) is 0 Å². The number of benzene rings is 3. The molecule has 1 aromatic heterocycles. The summed E-state index contributed by atoms with van der Waals surface area (Å²) in [5.74, 6) is 1.57. The molecule has 0 aliphatic rings. The summed E-state index contributed by atoms with van der Waals surface area (Å²) in [6, 6.07) is 27.4. The van der Waals surface area contributed by atoms with Gasteiger partial charge in [0.05, 0.1) is 0 Å². The van der Waals surface area contributed by atoms with Gasteiger partial charge in [0.2, 0.25) is 5.88 Å². The zero-order valence-corrected chi connectivity index (χ0v) is 15.2. The molecule has 0 bridgehead atoms. The highest BCUT2D eigenvalue weighted by molar-refractivity contribution is 5.65. The molecule has 0 saturated heterocycles. The number of nitrogens with zero attached hydrogens (tertiary/aromatic N) is 1. The Hall–Kier alpha value is -3.73. The highest BCUT2D eigenvalue weighted by Gasteiger charge is 2.12. The summed E-state index contributed by atoms with van der Waals surface area (Å²) in [6.45, 7) is 0.895. The summed E-state index contributed by atoms with van der Waals surface area (Å²) in [4.78, 5) is 0. The largest absolute Gasteiger partial charge is 0.485 e. The van der Waals surface area contributed by atoms with Crippen LogP contribution in [-0.4, -0.2) is 5.16 Å². The van der Waals surface area contributed by atoms with Crippen LogP contribution < -0.4 is 15.2 Å². The fraction of sp³-hybridized carbons (Fsp3) is 0.0870. The molecule has 28 heavy (non-hydrogen) atoms. The highest BCUT2D eigenvalue weighted by Crippen LogP contribution is 2.34. The molecular formula is C23H20N2O3. The fourth-order valence-corrected chi connectivity index (χ4v) is 2.80. The summed E-state index contributed by atoms with van der Waals surface area (Å²) in [5, 5.41) is 3.97. The lowest BCUT2D eigenvalue weighted by molar-refractivity contribution is 0.256. The van der Waals surface area contributed by atoms with Gasteiger partial charge in [-0.15, -0.1) is 0 Å². The normalized spacial score (nSPS) is 10.6. The maximum Gasteiger partial charge on any atom is 0.222 e. The van der Waals surface area contributed by atoms with E-state index in [1.54, 1.807) is 6.07 Å². The third kappa shape index (κ3) is 4.32. The molecule has 5 heteroatoms. The van der Waals surface area contributed by atoms with Gasteiger partial charge < -0.3 is 19.7 Å². The van der Waals surface area contributed by atoms with E-state index in [4.69, 9.17) is 19.7 Å². The van der Waals surface area contributed by atoms with Crippen molar-refractivity contribution in [3.05, 3.63) is 96.1 Å². The zero-order chi connectivity index (χ0) is 19.2. The molecule has 140 valence electrons. The quantitative estimate of drug-likeness (QED) is 0.490. The van der Waals surface area contributed by atoms with E-state index in [1.807, 2.05) is 78.9 Å². The average molecular weight is 372 g/mol. The maximum atomic E-state index is 6.07. The molecule has 0 fully saturated rings. The van der Waals surface area contributed by atoms with Crippen LogP contribution >= 0.6 is 0 Å². The first-order valence-corrected chi connectivity index (χ1v) is 8.98. The smallest absolute Gasteiger partial charge is 0.222 e. The molecule has 4 rings (SSSR count). The predicted molar refractivity (Wildman–Crippen MR) is 108 cm³/mol. The molecule has 0 amide bonds. The monoisotopic (exact) mass is 372 g/mol. The second-order valence-corrected chi connectivity index (χ2v) is 6.32. The third-order valence-electron chi connectivity index (χ3n) is 4.24. The summed E-state index contributed by atoms with van der Waals surface area (Å²) in [7, 11) is 0. The van der Waals surface area contributed by atoms with Gasteiger partial charge in [-0.05, 0) is 29.3 Å². The van der Waals surface area contributed by atoms with E-state index in [1.165, 1.54) is 0 Å². The molecule has 3 aromatic carbocycles. The lowest BCUT2D eigenvalue weighted by Gasteiger charge is -2.14. The van der Waals surface area contributed by atoms with Crippen LogP contribution in [0.2, 0.25) is 0 Å². The number of ether oxygens (including phenoxy) is 2. The molecule has 0 spiro atoms. The zero-order valence-electron chi connectivity index (χ0n) is 15.2. The van der Waals surface area contributed by atoms with Crippen molar-refractivity contribution in [3.63, 3.8) is 0 Å². The molecule has 0 aliphatic heterocycles. The molecule has 2 N–H and O–H groups in total. The van der Waals surface area contributed by atoms with E-state index in [2.05, 4.69) is 5.16 Å². The number of anilines is 1. The minimum atomic E-state index is 0.270. The van der Waals surface area contributed by atoms with Gasteiger partial charge in [0.1, 0.15) is 18.9 Å². The average Bonchev–Trinajstić information content (AvgIpc) is 3.19. The van der Waals surface area contributed by atoms with Crippen LogP contribution in [0.1, 0.15) is 11.1 Å². The summed E-state index contributed by atoms with van der Waals surface area (Å²) in [6.07, 6.45) is 0. The van der Waals surface area contributed by atoms with Crippen LogP contribution in [0.5, 0.6) is 11.5 Å². The standard InChI is InChI=1S/C23H20N2O3/c24-23-14-20(25-28-23)19-11-12-21(26-15-17-7-3-1-4-8-17)22(13-19)27-16-18-9-5-2-6-10-18/h1-14H,15-16,24H2. The minimum absolute atomic E-state index is 0.270. The number of aromatic nitrogens is 1. The van der Waals surface area contributed by atoms with Gasteiger partial charge in [-0.1, -0.05) is 65.8 Å². The Bertz CT molecular complexity index is 1030. The van der Waals surface area contributed by atoms with Crippen molar-refractivity contribution in [3.8, 4) is 22.8 Å². The van der Waals surface area contributed by atoms with Crippen LogP contribution in [0.3, 0.4) is 0 Å². The van der Waals surface area contributed by atoms with Crippen molar-refractivity contribution in [1.29, 1.82) is 0 Å². The highest BCUT2D eigenvalue weighted by atomic mass is 16.5. The van der Waals surface area contributed by atoms with Crippen molar-refractivity contribution >= 4 is 5.88 Å².